The van der Waals surface area contributed by atoms with Crippen molar-refractivity contribution in [2.75, 3.05) is 13.1 Å². The molecular weight excluding hydrogens is 146 g/mol. The quantitative estimate of drug-likeness (QED) is 0.483. The fourth-order valence-corrected chi connectivity index (χ4v) is 0.553. The Bertz CT molecular complexity index is 165. The summed E-state index contributed by atoms with van der Waals surface area (Å²) in [6.07, 6.45) is 2.91. The van der Waals surface area contributed by atoms with Gasteiger partial charge >= 0.3 is 6.09 Å². The lowest BCUT2D eigenvalue weighted by Gasteiger charge is -2.12. The largest absolute Gasteiger partial charge is 0.465 e. The van der Waals surface area contributed by atoms with Crippen LogP contribution in [-0.2, 0) is 4.79 Å². The molecule has 0 atom stereocenters. The monoisotopic (exact) mass is 157 g/mol. The predicted molar refractivity (Wildman–Crippen MR) is 40.5 cm³/mol. The number of allylic oxidation sites excluding steroid dienone is 1. The predicted octanol–water partition coefficient (Wildman–Crippen LogP) is 0.741. The average Bonchev–Trinajstić information content (AvgIpc) is 1.97. The number of aldehydes is 1. The summed E-state index contributed by atoms with van der Waals surface area (Å²) in [5, 5.41) is 8.46. The van der Waals surface area contributed by atoms with Gasteiger partial charge in [0.2, 0.25) is 0 Å². The van der Waals surface area contributed by atoms with Crippen LogP contribution in [0.1, 0.15) is 6.92 Å². The van der Waals surface area contributed by atoms with Crippen molar-refractivity contribution in [2.24, 2.45) is 0 Å². The Morgan fingerprint density at radius 2 is 2.18 bits per heavy atom. The molecule has 0 aromatic rings. The van der Waals surface area contributed by atoms with E-state index in [1.807, 2.05) is 0 Å². The molecule has 0 aromatic heterocycles. The van der Waals surface area contributed by atoms with E-state index in [0.29, 0.717) is 6.29 Å². The molecule has 0 fully saturated rings. The van der Waals surface area contributed by atoms with E-state index < -0.39 is 6.09 Å². The van der Waals surface area contributed by atoms with Crippen LogP contribution < -0.4 is 0 Å². The molecule has 0 unspecified atom stereocenters. The van der Waals surface area contributed by atoms with Crippen LogP contribution in [0.2, 0.25) is 0 Å². The Morgan fingerprint density at radius 1 is 1.55 bits per heavy atom. The first-order chi connectivity index (χ1) is 5.22. The van der Waals surface area contributed by atoms with Crippen molar-refractivity contribution in [1.82, 2.24) is 4.90 Å². The second kappa shape index (κ2) is 5.46. The maximum Gasteiger partial charge on any atom is 0.407 e. The van der Waals surface area contributed by atoms with Gasteiger partial charge in [-0.1, -0.05) is 12.2 Å². The summed E-state index contributed by atoms with van der Waals surface area (Å²) >= 11 is 0. The number of carboxylic acid groups (broad SMARTS) is 1. The molecule has 0 bridgehead atoms. The highest BCUT2D eigenvalue weighted by atomic mass is 16.4. The molecule has 0 spiro atoms. The molecule has 11 heavy (non-hydrogen) atoms. The molecule has 4 heteroatoms. The van der Waals surface area contributed by atoms with Crippen LogP contribution in [0.25, 0.3) is 0 Å². The molecule has 0 aliphatic rings. The summed E-state index contributed by atoms with van der Waals surface area (Å²) in [6.45, 7) is 1.99. The van der Waals surface area contributed by atoms with Crippen molar-refractivity contribution in [3.63, 3.8) is 0 Å². The summed E-state index contributed by atoms with van der Waals surface area (Å²) in [6, 6.07) is 0. The summed E-state index contributed by atoms with van der Waals surface area (Å²) in [4.78, 5) is 21.3. The van der Waals surface area contributed by atoms with Crippen molar-refractivity contribution in [1.29, 1.82) is 0 Å². The molecule has 0 heterocycles. The van der Waals surface area contributed by atoms with Crippen LogP contribution in [0.5, 0.6) is 0 Å². The normalized spacial score (nSPS) is 9.91. The van der Waals surface area contributed by atoms with E-state index in [2.05, 4.69) is 0 Å². The molecule has 0 rings (SSSR count). The minimum atomic E-state index is -1.07. The van der Waals surface area contributed by atoms with E-state index in [9.17, 15) is 9.59 Å². The second-order valence-electron chi connectivity index (χ2n) is 1.92. The lowest BCUT2D eigenvalue weighted by Crippen LogP contribution is -2.31. The van der Waals surface area contributed by atoms with Crippen LogP contribution in [0, 0.1) is 0 Å². The first kappa shape index (κ1) is 9.68. The van der Waals surface area contributed by atoms with Crippen LogP contribution >= 0.6 is 0 Å². The number of rotatable bonds is 4. The lowest BCUT2D eigenvalue weighted by atomic mass is 10.4. The van der Waals surface area contributed by atoms with E-state index in [-0.39, 0.29) is 13.1 Å². The van der Waals surface area contributed by atoms with Crippen LogP contribution in [-0.4, -0.2) is 35.5 Å². The summed E-state index contributed by atoms with van der Waals surface area (Å²) < 4.78 is 0. The molecule has 0 aromatic carbocycles. The fraction of sp³-hybridized carbons (Fsp3) is 0.429. The maximum absolute atomic E-state index is 10.3. The first-order valence-corrected chi connectivity index (χ1v) is 3.25. The SMILES string of the molecule is CC=CCN(CC=O)C(=O)O. The summed E-state index contributed by atoms with van der Waals surface area (Å²) in [5.74, 6) is 0. The van der Waals surface area contributed by atoms with E-state index in [4.69, 9.17) is 5.11 Å². The number of carbonyl (C=O) groups is 2. The average molecular weight is 157 g/mol. The zero-order valence-electron chi connectivity index (χ0n) is 6.36. The smallest absolute Gasteiger partial charge is 0.407 e. The Hall–Kier alpha value is -1.32. The number of hydrogen-bond acceptors (Lipinski definition) is 2. The molecule has 0 radical (unpaired) electrons. The Morgan fingerprint density at radius 3 is 2.55 bits per heavy atom. The van der Waals surface area contributed by atoms with Crippen molar-refractivity contribution in [3.8, 4) is 0 Å². The van der Waals surface area contributed by atoms with Gasteiger partial charge in [0.25, 0.3) is 0 Å². The third-order valence-corrected chi connectivity index (χ3v) is 1.13. The zero-order chi connectivity index (χ0) is 8.69. The van der Waals surface area contributed by atoms with Crippen molar-refractivity contribution in [2.45, 2.75) is 6.92 Å². The highest BCUT2D eigenvalue weighted by Gasteiger charge is 2.07. The molecular formula is C7H11NO3. The third kappa shape index (κ3) is 4.13. The molecule has 1 amide bonds. The Balaban J connectivity index is 3.88. The fourth-order valence-electron chi connectivity index (χ4n) is 0.553. The van der Waals surface area contributed by atoms with Gasteiger partial charge in [0.05, 0.1) is 6.54 Å². The van der Waals surface area contributed by atoms with Crippen molar-refractivity contribution in [3.05, 3.63) is 12.2 Å². The van der Waals surface area contributed by atoms with Crippen molar-refractivity contribution >= 4 is 12.4 Å². The summed E-state index contributed by atoms with van der Waals surface area (Å²) in [5.41, 5.74) is 0. The van der Waals surface area contributed by atoms with Crippen LogP contribution in [0.3, 0.4) is 0 Å². The van der Waals surface area contributed by atoms with Gasteiger partial charge in [-0.25, -0.2) is 4.79 Å². The van der Waals surface area contributed by atoms with Gasteiger partial charge in [0.1, 0.15) is 6.29 Å². The van der Waals surface area contributed by atoms with Crippen LogP contribution in [0.15, 0.2) is 12.2 Å². The highest BCUT2D eigenvalue weighted by molar-refractivity contribution is 5.69. The minimum absolute atomic E-state index is 0.0698. The number of nitrogens with zero attached hydrogens (tertiary/aromatic N) is 1. The molecule has 4 nitrogen and oxygen atoms in total. The van der Waals surface area contributed by atoms with E-state index >= 15 is 0 Å². The van der Waals surface area contributed by atoms with Gasteiger partial charge in [-0.3, -0.25) is 4.90 Å². The maximum atomic E-state index is 10.3. The lowest BCUT2D eigenvalue weighted by molar-refractivity contribution is -0.108. The number of amides is 1. The molecule has 0 aliphatic heterocycles. The molecule has 1 N–H and O–H groups in total. The number of hydrogen-bond donors (Lipinski definition) is 1. The standard InChI is InChI=1S/C7H11NO3/c1-2-3-4-8(5-6-9)7(10)11/h2-3,6H,4-5H2,1H3,(H,10,11). The third-order valence-electron chi connectivity index (χ3n) is 1.13. The molecule has 0 aliphatic carbocycles. The van der Waals surface area contributed by atoms with Gasteiger partial charge in [-0.2, -0.15) is 0 Å². The minimum Gasteiger partial charge on any atom is -0.465 e. The van der Waals surface area contributed by atoms with E-state index in [1.165, 1.54) is 0 Å². The summed E-state index contributed by atoms with van der Waals surface area (Å²) in [7, 11) is 0. The molecule has 62 valence electrons. The van der Waals surface area contributed by atoms with Gasteiger partial charge < -0.3 is 9.90 Å². The van der Waals surface area contributed by atoms with E-state index in [0.717, 1.165) is 4.90 Å². The molecule has 0 saturated carbocycles. The van der Waals surface area contributed by atoms with Crippen LogP contribution in [0.4, 0.5) is 4.79 Å². The Kier molecular flexibility index (Phi) is 4.81. The van der Waals surface area contributed by atoms with E-state index in [1.54, 1.807) is 19.1 Å². The van der Waals surface area contributed by atoms with Gasteiger partial charge in [-0.15, -0.1) is 0 Å². The van der Waals surface area contributed by atoms with Gasteiger partial charge in [0.15, 0.2) is 0 Å². The topological polar surface area (TPSA) is 57.6 Å². The zero-order valence-corrected chi connectivity index (χ0v) is 6.36. The van der Waals surface area contributed by atoms with Gasteiger partial charge in [0, 0.05) is 6.54 Å². The molecule has 0 saturated heterocycles. The Labute approximate surface area is 65.1 Å². The van der Waals surface area contributed by atoms with Gasteiger partial charge in [-0.05, 0) is 6.92 Å². The number of carbonyl (C=O) groups excluding carboxylic acids is 1. The first-order valence-electron chi connectivity index (χ1n) is 3.25. The highest BCUT2D eigenvalue weighted by Crippen LogP contribution is 1.87. The second-order valence-corrected chi connectivity index (χ2v) is 1.92. The van der Waals surface area contributed by atoms with Crippen molar-refractivity contribution < 1.29 is 14.7 Å².